The number of hydrogen-bond donors (Lipinski definition) is 2. The number of furan rings is 1. The zero-order chi connectivity index (χ0) is 25.9. The lowest BCUT2D eigenvalue weighted by Crippen LogP contribution is -2.41. The van der Waals surface area contributed by atoms with Crippen LogP contribution in [-0.2, 0) is 17.6 Å². The number of hydrogen-bond acceptors (Lipinski definition) is 5. The molecule has 3 aromatic carbocycles. The summed E-state index contributed by atoms with van der Waals surface area (Å²) in [4.78, 5) is 25.5. The van der Waals surface area contributed by atoms with Crippen molar-refractivity contribution in [2.45, 2.75) is 19.8 Å². The third-order valence-corrected chi connectivity index (χ3v) is 6.91. The number of fused-ring (bicyclic) bond motifs is 2. The van der Waals surface area contributed by atoms with E-state index in [0.717, 1.165) is 27.5 Å². The summed E-state index contributed by atoms with van der Waals surface area (Å²) in [5.41, 5.74) is 4.37. The third-order valence-electron chi connectivity index (χ3n) is 6.29. The monoisotopic (exact) mass is 530 g/mol. The molecular weight excluding hydrogens is 508 g/mol. The Labute approximate surface area is 223 Å². The van der Waals surface area contributed by atoms with Gasteiger partial charge in [0.25, 0.3) is 0 Å². The molecule has 0 bridgehead atoms. The number of amides is 1. The van der Waals surface area contributed by atoms with E-state index in [1.54, 1.807) is 12.3 Å². The van der Waals surface area contributed by atoms with Gasteiger partial charge in [0.05, 0.1) is 18.2 Å². The fraction of sp³-hybridized carbons (Fsp3) is 0.138. The Hall–Kier alpha value is -3.94. The predicted octanol–water partition coefficient (Wildman–Crippen LogP) is 5.94. The molecule has 0 atom stereocenters. The molecule has 0 radical (unpaired) electrons. The number of rotatable bonds is 6. The molecule has 2 N–H and O–H groups in total. The van der Waals surface area contributed by atoms with Crippen LogP contribution in [0.1, 0.15) is 16.7 Å². The summed E-state index contributed by atoms with van der Waals surface area (Å²) in [6.45, 7) is 2.32. The van der Waals surface area contributed by atoms with Gasteiger partial charge in [-0.15, -0.1) is 0 Å². The first-order chi connectivity index (χ1) is 17.9. The first kappa shape index (κ1) is 24.7. The van der Waals surface area contributed by atoms with Crippen LogP contribution in [0, 0.1) is 6.92 Å². The van der Waals surface area contributed by atoms with E-state index in [1.165, 1.54) is 0 Å². The highest BCUT2D eigenvalue weighted by molar-refractivity contribution is 7.80. The number of thiocarbonyl (C=S) groups is 1. The Kier molecular flexibility index (Phi) is 7.08. The highest BCUT2D eigenvalue weighted by Gasteiger charge is 2.18. The number of aryl methyl sites for hydroxylation is 1. The van der Waals surface area contributed by atoms with Crippen molar-refractivity contribution in [3.63, 3.8) is 0 Å². The number of benzene rings is 3. The van der Waals surface area contributed by atoms with Crippen LogP contribution in [0.4, 0.5) is 0 Å². The van der Waals surface area contributed by atoms with Crippen LogP contribution in [0.25, 0.3) is 33.1 Å². The normalized spacial score (nSPS) is 11.1. The number of nitrogens with one attached hydrogen (secondary N) is 2. The minimum absolute atomic E-state index is 0.161. The molecule has 0 fully saturated rings. The van der Waals surface area contributed by atoms with Gasteiger partial charge >= 0.3 is 5.63 Å². The van der Waals surface area contributed by atoms with Gasteiger partial charge in [-0.05, 0) is 54.4 Å². The number of carbonyl (C=O) groups excluding carboxylic acids is 1. The van der Waals surface area contributed by atoms with Crippen molar-refractivity contribution in [1.29, 1.82) is 0 Å². The fourth-order valence-electron chi connectivity index (χ4n) is 4.34. The Morgan fingerprint density at radius 2 is 1.76 bits per heavy atom. The number of carbonyl (C=O) groups is 1. The minimum Gasteiger partial charge on any atom is -0.464 e. The standard InChI is InChI=1S/C29H23ClN2O4S/c1-17-20-13-22-23(18-7-3-2-4-8-18)16-35-25(22)15-26(20)36-28(34)21(17)14-27(33)32-29(37)31-12-11-19-9-5-6-10-24(19)30/h2-10,13,15-16H,11-12,14H2,1H3,(H2,31,32,33,37). The molecule has 0 spiro atoms. The van der Waals surface area contributed by atoms with Crippen molar-refractivity contribution in [3.8, 4) is 11.1 Å². The lowest BCUT2D eigenvalue weighted by atomic mass is 9.99. The lowest BCUT2D eigenvalue weighted by molar-refractivity contribution is -0.119. The first-order valence-electron chi connectivity index (χ1n) is 11.7. The van der Waals surface area contributed by atoms with Crippen LogP contribution in [0.5, 0.6) is 0 Å². The molecule has 0 unspecified atom stereocenters. The molecule has 0 saturated carbocycles. The number of halogens is 1. The van der Waals surface area contributed by atoms with E-state index >= 15 is 0 Å². The van der Waals surface area contributed by atoms with Crippen LogP contribution in [-0.4, -0.2) is 17.6 Å². The topological polar surface area (TPSA) is 84.5 Å². The minimum atomic E-state index is -0.563. The molecule has 2 aromatic heterocycles. The average Bonchev–Trinajstić information content (AvgIpc) is 3.30. The van der Waals surface area contributed by atoms with Gasteiger partial charge in [-0.3, -0.25) is 4.79 Å². The van der Waals surface area contributed by atoms with Crippen molar-refractivity contribution >= 4 is 56.8 Å². The SMILES string of the molecule is Cc1c(CC(=O)NC(=S)NCCc2ccccc2Cl)c(=O)oc2cc3occ(-c4ccccc4)c3cc12. The highest BCUT2D eigenvalue weighted by Crippen LogP contribution is 2.34. The quantitative estimate of drug-likeness (QED) is 0.209. The van der Waals surface area contributed by atoms with E-state index in [2.05, 4.69) is 10.6 Å². The van der Waals surface area contributed by atoms with Crippen molar-refractivity contribution in [3.05, 3.63) is 105 Å². The van der Waals surface area contributed by atoms with E-state index in [0.29, 0.717) is 34.7 Å². The van der Waals surface area contributed by atoms with Crippen LogP contribution in [0.3, 0.4) is 0 Å². The second-order valence-corrected chi connectivity index (χ2v) is 9.49. The summed E-state index contributed by atoms with van der Waals surface area (Å²) in [6.07, 6.45) is 2.18. The maximum Gasteiger partial charge on any atom is 0.340 e. The van der Waals surface area contributed by atoms with Gasteiger partial charge in [-0.1, -0.05) is 60.1 Å². The van der Waals surface area contributed by atoms with Gasteiger partial charge in [-0.25, -0.2) is 4.79 Å². The first-order valence-corrected chi connectivity index (χ1v) is 12.5. The summed E-state index contributed by atoms with van der Waals surface area (Å²) in [5, 5.41) is 8.15. The molecule has 2 heterocycles. The summed E-state index contributed by atoms with van der Waals surface area (Å²) in [5.74, 6) is -0.403. The molecule has 0 aliphatic heterocycles. The molecule has 5 aromatic rings. The molecule has 0 aliphatic carbocycles. The Bertz CT molecular complexity index is 1690. The van der Waals surface area contributed by atoms with E-state index in [9.17, 15) is 9.59 Å². The predicted molar refractivity (Wildman–Crippen MR) is 150 cm³/mol. The van der Waals surface area contributed by atoms with Crippen LogP contribution in [0.15, 0.2) is 86.6 Å². The second-order valence-electron chi connectivity index (χ2n) is 8.68. The maximum absolute atomic E-state index is 12.8. The summed E-state index contributed by atoms with van der Waals surface area (Å²) >= 11 is 11.4. The Morgan fingerprint density at radius 3 is 2.54 bits per heavy atom. The average molecular weight is 531 g/mol. The molecular formula is C29H23ClN2O4S. The van der Waals surface area contributed by atoms with Crippen LogP contribution >= 0.6 is 23.8 Å². The molecule has 0 aliphatic rings. The van der Waals surface area contributed by atoms with Crippen molar-refractivity contribution in [1.82, 2.24) is 10.6 Å². The third kappa shape index (κ3) is 5.28. The zero-order valence-corrected chi connectivity index (χ0v) is 21.5. The smallest absolute Gasteiger partial charge is 0.340 e. The van der Waals surface area contributed by atoms with Gasteiger partial charge in [-0.2, -0.15) is 0 Å². The molecule has 0 saturated heterocycles. The summed E-state index contributed by atoms with van der Waals surface area (Å²) in [6, 6.07) is 21.1. The zero-order valence-electron chi connectivity index (χ0n) is 20.0. The Morgan fingerprint density at radius 1 is 1.00 bits per heavy atom. The van der Waals surface area contributed by atoms with Crippen molar-refractivity contribution < 1.29 is 13.6 Å². The summed E-state index contributed by atoms with van der Waals surface area (Å²) < 4.78 is 11.3. The van der Waals surface area contributed by atoms with E-state index in [-0.39, 0.29) is 17.1 Å². The molecule has 37 heavy (non-hydrogen) atoms. The van der Waals surface area contributed by atoms with Crippen LogP contribution < -0.4 is 16.3 Å². The summed E-state index contributed by atoms with van der Waals surface area (Å²) in [7, 11) is 0. The molecule has 5 rings (SSSR count). The van der Waals surface area contributed by atoms with Crippen molar-refractivity contribution in [2.75, 3.05) is 6.54 Å². The largest absolute Gasteiger partial charge is 0.464 e. The van der Waals surface area contributed by atoms with Gasteiger partial charge in [0.1, 0.15) is 11.2 Å². The lowest BCUT2D eigenvalue weighted by Gasteiger charge is -2.11. The second kappa shape index (κ2) is 10.6. The van der Waals surface area contributed by atoms with Crippen molar-refractivity contribution in [2.24, 2.45) is 0 Å². The van der Waals surface area contributed by atoms with Crippen LogP contribution in [0.2, 0.25) is 5.02 Å². The van der Waals surface area contributed by atoms with Gasteiger partial charge in [0.2, 0.25) is 5.91 Å². The highest BCUT2D eigenvalue weighted by atomic mass is 35.5. The molecule has 6 nitrogen and oxygen atoms in total. The van der Waals surface area contributed by atoms with E-state index < -0.39 is 11.5 Å². The van der Waals surface area contributed by atoms with Gasteiger partial charge in [0.15, 0.2) is 5.11 Å². The fourth-order valence-corrected chi connectivity index (χ4v) is 4.79. The molecule has 186 valence electrons. The molecule has 8 heteroatoms. The van der Waals surface area contributed by atoms with Gasteiger partial charge in [0, 0.05) is 34.0 Å². The maximum atomic E-state index is 12.8. The van der Waals surface area contributed by atoms with E-state index in [1.807, 2.05) is 67.6 Å². The molecule has 1 amide bonds. The van der Waals surface area contributed by atoms with Gasteiger partial charge < -0.3 is 19.5 Å². The van der Waals surface area contributed by atoms with E-state index in [4.69, 9.17) is 32.7 Å². The Balaban J connectivity index is 1.33.